The van der Waals surface area contributed by atoms with E-state index in [-0.39, 0.29) is 6.92 Å². The molecule has 0 aliphatic heterocycles. The van der Waals surface area contributed by atoms with Gasteiger partial charge in [-0.25, -0.2) is 0 Å². The molecule has 3 aromatic rings. The van der Waals surface area contributed by atoms with E-state index in [1.165, 1.54) is 10.8 Å². The summed E-state index contributed by atoms with van der Waals surface area (Å²) in [5, 5.41) is 3.12. The molecule has 0 heterocycles. The first-order valence-corrected chi connectivity index (χ1v) is 7.72. The van der Waals surface area contributed by atoms with Crippen LogP contribution in [0.3, 0.4) is 0 Å². The van der Waals surface area contributed by atoms with Crippen molar-refractivity contribution in [1.82, 2.24) is 0 Å². The lowest BCUT2D eigenvalue weighted by molar-refractivity contribution is 0.345. The van der Waals surface area contributed by atoms with E-state index < -0.39 is 0 Å². The first-order chi connectivity index (χ1) is 10.8. The van der Waals surface area contributed by atoms with Gasteiger partial charge in [0.15, 0.2) is 0 Å². The molecule has 0 saturated heterocycles. The summed E-state index contributed by atoms with van der Waals surface area (Å²) in [6.07, 6.45) is 0. The van der Waals surface area contributed by atoms with Gasteiger partial charge in [0.1, 0.15) is 0 Å². The van der Waals surface area contributed by atoms with E-state index >= 15 is 0 Å². The summed E-state index contributed by atoms with van der Waals surface area (Å²) in [6.45, 7) is 0.859. The van der Waals surface area contributed by atoms with Gasteiger partial charge < -0.3 is 10.4 Å². The van der Waals surface area contributed by atoms with Crippen molar-refractivity contribution in [2.75, 3.05) is 13.2 Å². The van der Waals surface area contributed by atoms with E-state index in [4.69, 9.17) is 22.0 Å². The normalized spacial score (nSPS) is 10.8. The zero-order valence-electron chi connectivity index (χ0n) is 12.2. The number of fused-ring (bicyclic) bond motifs is 1. The number of nitrogens with two attached hydrogens (primary N) is 1. The van der Waals surface area contributed by atoms with Gasteiger partial charge in [-0.2, -0.15) is 0 Å². The van der Waals surface area contributed by atoms with Crippen molar-refractivity contribution in [1.29, 1.82) is 0 Å². The Hall–Kier alpha value is -1.81. The Bertz CT molecular complexity index is 755. The highest BCUT2D eigenvalue weighted by Crippen LogP contribution is 2.13. The van der Waals surface area contributed by atoms with Crippen LogP contribution >= 0.6 is 11.6 Å². The van der Waals surface area contributed by atoms with Crippen LogP contribution in [0.15, 0.2) is 66.7 Å². The fourth-order valence-corrected chi connectivity index (χ4v) is 2.79. The van der Waals surface area contributed by atoms with E-state index in [1.807, 2.05) is 36.4 Å². The average Bonchev–Trinajstić information content (AvgIpc) is 2.57. The molecule has 0 radical (unpaired) electrons. The topological polar surface area (TPSA) is 35.2 Å². The van der Waals surface area contributed by atoms with Crippen LogP contribution < -0.4 is 16.7 Å². The maximum absolute atomic E-state index is 6.04. The third-order valence-corrected chi connectivity index (χ3v) is 3.93. The lowest BCUT2D eigenvalue weighted by atomic mass is 9.54. The molecular formula is C18H17BClNO. The van der Waals surface area contributed by atoms with Gasteiger partial charge in [-0.15, -0.1) is 0 Å². The van der Waals surface area contributed by atoms with Crippen LogP contribution in [-0.4, -0.2) is 20.1 Å². The summed E-state index contributed by atoms with van der Waals surface area (Å²) in [6, 6.07) is 22.4. The van der Waals surface area contributed by atoms with Gasteiger partial charge in [-0.05, 0) is 33.8 Å². The molecule has 0 spiro atoms. The SMILES string of the molecule is NCCOB(c1ccc(Cl)cc1)c1cccc2ccccc12. The number of halogens is 1. The molecule has 0 atom stereocenters. The summed E-state index contributed by atoms with van der Waals surface area (Å²) >= 11 is 6.00. The van der Waals surface area contributed by atoms with Crippen LogP contribution in [0.1, 0.15) is 0 Å². The molecule has 4 heteroatoms. The predicted octanol–water partition coefficient (Wildman–Crippen LogP) is 2.57. The quantitative estimate of drug-likeness (QED) is 0.735. The molecule has 0 bridgehead atoms. The van der Waals surface area contributed by atoms with Crippen molar-refractivity contribution in [3.8, 4) is 0 Å². The summed E-state index contributed by atoms with van der Waals surface area (Å²) in [7, 11) is 0. The Morgan fingerprint density at radius 3 is 2.41 bits per heavy atom. The van der Waals surface area contributed by atoms with Crippen molar-refractivity contribution < 1.29 is 4.65 Å². The molecule has 0 saturated carbocycles. The Labute approximate surface area is 136 Å². The minimum atomic E-state index is -0.146. The molecule has 0 aromatic heterocycles. The smallest absolute Gasteiger partial charge is 0.362 e. The van der Waals surface area contributed by atoms with Crippen molar-refractivity contribution >= 4 is 40.2 Å². The molecule has 3 rings (SSSR count). The van der Waals surface area contributed by atoms with Crippen LogP contribution in [0.4, 0.5) is 0 Å². The van der Waals surface area contributed by atoms with Crippen molar-refractivity contribution in [2.24, 2.45) is 5.73 Å². The Morgan fingerprint density at radius 1 is 0.909 bits per heavy atom. The molecule has 22 heavy (non-hydrogen) atoms. The molecule has 0 aliphatic rings. The van der Waals surface area contributed by atoms with Gasteiger partial charge in [-0.3, -0.25) is 0 Å². The highest BCUT2D eigenvalue weighted by Gasteiger charge is 2.23. The molecule has 2 N–H and O–H groups in total. The van der Waals surface area contributed by atoms with Gasteiger partial charge in [0, 0.05) is 18.2 Å². The van der Waals surface area contributed by atoms with Crippen LogP contribution in [0.2, 0.25) is 5.02 Å². The van der Waals surface area contributed by atoms with Gasteiger partial charge in [0.2, 0.25) is 0 Å². The second-order valence-electron chi connectivity index (χ2n) is 5.16. The van der Waals surface area contributed by atoms with Crippen LogP contribution in [0.5, 0.6) is 0 Å². The molecular weight excluding hydrogens is 292 g/mol. The van der Waals surface area contributed by atoms with Crippen molar-refractivity contribution in [3.05, 3.63) is 71.8 Å². The Morgan fingerprint density at radius 2 is 1.64 bits per heavy atom. The standard InChI is InChI=1S/C18H17BClNO/c20-16-10-8-15(9-11-16)19(22-13-12-21)18-7-3-5-14-4-1-2-6-17(14)18/h1-11H,12-13,21H2. The van der Waals surface area contributed by atoms with Crippen LogP contribution in [0, 0.1) is 0 Å². The Balaban J connectivity index is 2.09. The molecule has 0 fully saturated rings. The maximum Gasteiger partial charge on any atom is 0.362 e. The number of hydrogen-bond donors (Lipinski definition) is 1. The van der Waals surface area contributed by atoms with E-state index in [9.17, 15) is 0 Å². The predicted molar refractivity (Wildman–Crippen MR) is 95.4 cm³/mol. The fourth-order valence-electron chi connectivity index (χ4n) is 2.67. The minimum Gasteiger partial charge on any atom is -0.426 e. The monoisotopic (exact) mass is 309 g/mol. The summed E-state index contributed by atoms with van der Waals surface area (Å²) in [4.78, 5) is 0. The lowest BCUT2D eigenvalue weighted by Crippen LogP contribution is -2.46. The summed E-state index contributed by atoms with van der Waals surface area (Å²) in [5.41, 5.74) is 7.85. The molecule has 2 nitrogen and oxygen atoms in total. The highest BCUT2D eigenvalue weighted by molar-refractivity contribution is 6.82. The van der Waals surface area contributed by atoms with Gasteiger partial charge in [-0.1, -0.05) is 66.2 Å². The fraction of sp³-hybridized carbons (Fsp3) is 0.111. The third-order valence-electron chi connectivity index (χ3n) is 3.68. The van der Waals surface area contributed by atoms with E-state index in [2.05, 4.69) is 30.3 Å². The third kappa shape index (κ3) is 3.17. The van der Waals surface area contributed by atoms with Crippen LogP contribution in [0.25, 0.3) is 10.8 Å². The lowest BCUT2D eigenvalue weighted by Gasteiger charge is -2.17. The maximum atomic E-state index is 6.04. The first-order valence-electron chi connectivity index (χ1n) is 7.34. The molecule has 110 valence electrons. The number of benzene rings is 3. The number of rotatable bonds is 5. The van der Waals surface area contributed by atoms with Crippen molar-refractivity contribution in [3.63, 3.8) is 0 Å². The molecule has 3 aromatic carbocycles. The second-order valence-corrected chi connectivity index (χ2v) is 5.60. The average molecular weight is 310 g/mol. The van der Waals surface area contributed by atoms with Crippen molar-refractivity contribution in [2.45, 2.75) is 0 Å². The van der Waals surface area contributed by atoms with E-state index in [1.54, 1.807) is 0 Å². The zero-order chi connectivity index (χ0) is 15.4. The zero-order valence-corrected chi connectivity index (χ0v) is 13.0. The van der Waals surface area contributed by atoms with E-state index in [0.29, 0.717) is 13.2 Å². The molecule has 0 amide bonds. The van der Waals surface area contributed by atoms with Gasteiger partial charge in [0.05, 0.1) is 0 Å². The second kappa shape index (κ2) is 6.97. The number of hydrogen-bond acceptors (Lipinski definition) is 2. The van der Waals surface area contributed by atoms with E-state index in [0.717, 1.165) is 15.9 Å². The summed E-state index contributed by atoms with van der Waals surface area (Å²) < 4.78 is 6.04. The largest absolute Gasteiger partial charge is 0.426 e. The first kappa shape index (κ1) is 15.1. The molecule has 0 aliphatic carbocycles. The van der Waals surface area contributed by atoms with Gasteiger partial charge in [0.25, 0.3) is 0 Å². The minimum absolute atomic E-state index is 0.146. The Kier molecular flexibility index (Phi) is 4.79. The summed E-state index contributed by atoms with van der Waals surface area (Å²) in [5.74, 6) is 0. The van der Waals surface area contributed by atoms with Gasteiger partial charge >= 0.3 is 6.92 Å². The van der Waals surface area contributed by atoms with Crippen LogP contribution in [-0.2, 0) is 4.65 Å². The highest BCUT2D eigenvalue weighted by atomic mass is 35.5. The molecule has 0 unspecified atom stereocenters.